The van der Waals surface area contributed by atoms with Crippen LogP contribution in [0.25, 0.3) is 11.0 Å². The molecule has 0 fully saturated rings. The van der Waals surface area contributed by atoms with Gasteiger partial charge in [-0.3, -0.25) is 23.4 Å². The lowest BCUT2D eigenvalue weighted by Gasteiger charge is -2.14. The van der Waals surface area contributed by atoms with Crippen molar-refractivity contribution in [1.82, 2.24) is 18.9 Å². The molecule has 9 heteroatoms. The molecule has 0 aliphatic carbocycles. The van der Waals surface area contributed by atoms with Gasteiger partial charge >= 0.3 is 5.69 Å². The number of hydrogen-bond donors (Lipinski definition) is 1. The number of carbonyl (C=O) groups excluding carboxylic acids is 1. The van der Waals surface area contributed by atoms with Gasteiger partial charge in [0.2, 0.25) is 5.91 Å². The minimum Gasteiger partial charge on any atom is -0.324 e. The van der Waals surface area contributed by atoms with Crippen LogP contribution in [0.1, 0.15) is 23.7 Å². The fraction of sp³-hybridized carbons (Fsp3) is 0.280. The van der Waals surface area contributed by atoms with Crippen molar-refractivity contribution in [2.24, 2.45) is 0 Å². The molecule has 0 saturated carbocycles. The van der Waals surface area contributed by atoms with Gasteiger partial charge in [0.05, 0.1) is 5.69 Å². The summed E-state index contributed by atoms with van der Waals surface area (Å²) in [5, 5.41) is 7.76. The Kier molecular flexibility index (Phi) is 6.70. The summed E-state index contributed by atoms with van der Waals surface area (Å²) in [7, 11) is 0. The monoisotopic (exact) mass is 479 g/mol. The van der Waals surface area contributed by atoms with E-state index in [1.165, 1.54) is 9.13 Å². The van der Waals surface area contributed by atoms with Crippen molar-refractivity contribution >= 4 is 34.2 Å². The minimum absolute atomic E-state index is 0.195. The van der Waals surface area contributed by atoms with Gasteiger partial charge in [0.25, 0.3) is 5.56 Å². The Morgan fingerprint density at radius 1 is 1.03 bits per heavy atom. The Labute approximate surface area is 201 Å². The third kappa shape index (κ3) is 4.54. The number of anilines is 1. The zero-order chi connectivity index (χ0) is 24.4. The number of nitrogens with zero attached hydrogens (tertiary/aromatic N) is 4. The van der Waals surface area contributed by atoms with Crippen molar-refractivity contribution < 1.29 is 4.79 Å². The van der Waals surface area contributed by atoms with E-state index >= 15 is 0 Å². The van der Waals surface area contributed by atoms with Crippen LogP contribution in [0.3, 0.4) is 0 Å². The molecular formula is C25H26ClN5O3. The minimum atomic E-state index is -0.538. The molecule has 0 saturated heterocycles. The second kappa shape index (κ2) is 9.69. The van der Waals surface area contributed by atoms with Gasteiger partial charge in [-0.1, -0.05) is 48.0 Å². The Morgan fingerprint density at radius 3 is 2.44 bits per heavy atom. The number of rotatable bonds is 7. The molecule has 2 aromatic heterocycles. The first-order chi connectivity index (χ1) is 16.3. The van der Waals surface area contributed by atoms with E-state index in [1.54, 1.807) is 23.7 Å². The molecule has 176 valence electrons. The standard InChI is InChI=1S/C25H26ClN5O3/c1-4-31-23-22(17(3)28-31)30(15-21(32)27-19-11-10-16(2)20(26)14-19)25(34)29(24(23)33)13-12-18-8-6-5-7-9-18/h5-11,14H,4,12-13,15H2,1-3H3,(H,27,32). The molecule has 34 heavy (non-hydrogen) atoms. The van der Waals surface area contributed by atoms with Gasteiger partial charge in [-0.25, -0.2) is 4.79 Å². The zero-order valence-corrected chi connectivity index (χ0v) is 20.1. The molecule has 0 bridgehead atoms. The summed E-state index contributed by atoms with van der Waals surface area (Å²) in [6.07, 6.45) is 0.509. The van der Waals surface area contributed by atoms with Crippen LogP contribution in [0.15, 0.2) is 58.1 Å². The Balaban J connectivity index is 1.75. The van der Waals surface area contributed by atoms with Gasteiger partial charge in [-0.15, -0.1) is 0 Å². The number of carbonyl (C=O) groups is 1. The molecule has 0 aliphatic heterocycles. The molecule has 4 aromatic rings. The number of fused-ring (bicyclic) bond motifs is 1. The largest absolute Gasteiger partial charge is 0.332 e. The fourth-order valence-electron chi connectivity index (χ4n) is 4.04. The Bertz CT molecular complexity index is 1480. The van der Waals surface area contributed by atoms with Crippen LogP contribution < -0.4 is 16.6 Å². The summed E-state index contributed by atoms with van der Waals surface area (Å²) in [5.74, 6) is -0.403. The number of aryl methyl sites for hydroxylation is 4. The summed E-state index contributed by atoms with van der Waals surface area (Å²) < 4.78 is 4.11. The Hall–Kier alpha value is -3.65. The van der Waals surface area contributed by atoms with Gasteiger partial charge < -0.3 is 5.32 Å². The molecule has 0 aliphatic rings. The molecule has 8 nitrogen and oxygen atoms in total. The predicted molar refractivity (Wildman–Crippen MR) is 134 cm³/mol. The maximum atomic E-state index is 13.4. The van der Waals surface area contributed by atoms with E-state index in [-0.39, 0.29) is 13.1 Å². The molecule has 0 spiro atoms. The number of nitrogens with one attached hydrogen (secondary N) is 1. The number of benzene rings is 2. The lowest BCUT2D eigenvalue weighted by molar-refractivity contribution is -0.116. The van der Waals surface area contributed by atoms with E-state index in [9.17, 15) is 14.4 Å². The first kappa shape index (κ1) is 23.5. The molecule has 2 heterocycles. The molecule has 2 aromatic carbocycles. The first-order valence-corrected chi connectivity index (χ1v) is 11.5. The summed E-state index contributed by atoms with van der Waals surface area (Å²) in [6, 6.07) is 14.9. The van der Waals surface area contributed by atoms with Gasteiger partial charge in [-0.05, 0) is 50.5 Å². The van der Waals surface area contributed by atoms with Gasteiger partial charge in [0.1, 0.15) is 12.1 Å². The maximum absolute atomic E-state index is 13.4. The normalized spacial score (nSPS) is 11.2. The molecule has 0 radical (unpaired) electrons. The van der Waals surface area contributed by atoms with Gasteiger partial charge in [-0.2, -0.15) is 5.10 Å². The molecule has 0 atom stereocenters. The highest BCUT2D eigenvalue weighted by Gasteiger charge is 2.21. The lowest BCUT2D eigenvalue weighted by atomic mass is 10.1. The van der Waals surface area contributed by atoms with Crippen LogP contribution in [0.5, 0.6) is 0 Å². The number of amides is 1. The third-order valence-corrected chi connectivity index (χ3v) is 6.21. The topological polar surface area (TPSA) is 90.9 Å². The van der Waals surface area contributed by atoms with Crippen LogP contribution >= 0.6 is 11.6 Å². The van der Waals surface area contributed by atoms with Crippen molar-refractivity contribution in [1.29, 1.82) is 0 Å². The summed E-state index contributed by atoms with van der Waals surface area (Å²) >= 11 is 6.17. The number of hydrogen-bond acceptors (Lipinski definition) is 4. The molecular weight excluding hydrogens is 454 g/mol. The summed E-state index contributed by atoms with van der Waals surface area (Å²) in [6.45, 7) is 5.88. The fourth-order valence-corrected chi connectivity index (χ4v) is 4.22. The van der Waals surface area contributed by atoms with Crippen molar-refractivity contribution in [3.8, 4) is 0 Å². The first-order valence-electron chi connectivity index (χ1n) is 11.1. The van der Waals surface area contributed by atoms with Crippen molar-refractivity contribution in [2.75, 3.05) is 5.32 Å². The quantitative estimate of drug-likeness (QED) is 0.439. The molecule has 1 N–H and O–H groups in total. The third-order valence-electron chi connectivity index (χ3n) is 5.80. The second-order valence-corrected chi connectivity index (χ2v) is 8.58. The zero-order valence-electron chi connectivity index (χ0n) is 19.3. The van der Waals surface area contributed by atoms with Crippen LogP contribution in [0.2, 0.25) is 5.02 Å². The van der Waals surface area contributed by atoms with Crippen LogP contribution in [0, 0.1) is 13.8 Å². The lowest BCUT2D eigenvalue weighted by Crippen LogP contribution is -2.42. The van der Waals surface area contributed by atoms with Crippen molar-refractivity contribution in [3.05, 3.63) is 91.2 Å². The van der Waals surface area contributed by atoms with Crippen molar-refractivity contribution in [3.63, 3.8) is 0 Å². The van der Waals surface area contributed by atoms with Crippen LogP contribution in [0.4, 0.5) is 5.69 Å². The highest BCUT2D eigenvalue weighted by molar-refractivity contribution is 6.31. The van der Waals surface area contributed by atoms with Crippen LogP contribution in [-0.2, 0) is 30.8 Å². The maximum Gasteiger partial charge on any atom is 0.332 e. The number of aromatic nitrogens is 4. The average Bonchev–Trinajstić information content (AvgIpc) is 3.16. The summed E-state index contributed by atoms with van der Waals surface area (Å²) in [4.78, 5) is 39.7. The van der Waals surface area contributed by atoms with E-state index in [1.807, 2.05) is 50.2 Å². The van der Waals surface area contributed by atoms with E-state index < -0.39 is 17.2 Å². The average molecular weight is 480 g/mol. The smallest absolute Gasteiger partial charge is 0.324 e. The summed E-state index contributed by atoms with van der Waals surface area (Å²) in [5.41, 5.74) is 2.71. The molecule has 1 amide bonds. The molecule has 4 rings (SSSR count). The van der Waals surface area contributed by atoms with Gasteiger partial charge in [0, 0.05) is 23.8 Å². The Morgan fingerprint density at radius 2 is 1.76 bits per heavy atom. The molecule has 0 unspecified atom stereocenters. The highest BCUT2D eigenvalue weighted by Crippen LogP contribution is 2.20. The van der Waals surface area contributed by atoms with E-state index in [2.05, 4.69) is 10.4 Å². The van der Waals surface area contributed by atoms with Crippen LogP contribution in [-0.4, -0.2) is 24.8 Å². The van der Waals surface area contributed by atoms with E-state index in [0.29, 0.717) is 40.4 Å². The number of halogens is 1. The second-order valence-electron chi connectivity index (χ2n) is 8.17. The van der Waals surface area contributed by atoms with Gasteiger partial charge in [0.15, 0.2) is 5.52 Å². The van der Waals surface area contributed by atoms with E-state index in [0.717, 1.165) is 11.1 Å². The van der Waals surface area contributed by atoms with E-state index in [4.69, 9.17) is 11.6 Å². The van der Waals surface area contributed by atoms with Crippen molar-refractivity contribution in [2.45, 2.75) is 46.8 Å². The highest BCUT2D eigenvalue weighted by atomic mass is 35.5. The SMILES string of the molecule is CCn1nc(C)c2c1c(=O)n(CCc1ccccc1)c(=O)n2CC(=O)Nc1ccc(C)c(Cl)c1. The predicted octanol–water partition coefficient (Wildman–Crippen LogP) is 3.53.